The second-order valence-electron chi connectivity index (χ2n) is 5.26. The van der Waals surface area contributed by atoms with Crippen LogP contribution >= 0.6 is 0 Å². The van der Waals surface area contributed by atoms with Crippen LogP contribution in [0.2, 0.25) is 0 Å². The number of rotatable bonds is 7. The Kier molecular flexibility index (Phi) is 4.95. The van der Waals surface area contributed by atoms with Gasteiger partial charge >= 0.3 is 11.8 Å². The van der Waals surface area contributed by atoms with Crippen molar-refractivity contribution >= 4 is 5.91 Å². The molecule has 0 bridgehead atoms. The third kappa shape index (κ3) is 3.48. The van der Waals surface area contributed by atoms with Crippen molar-refractivity contribution in [3.8, 4) is 23.0 Å². The minimum Gasteiger partial charge on any atom is -0.454 e. The lowest BCUT2D eigenvalue weighted by Crippen LogP contribution is -2.34. The van der Waals surface area contributed by atoms with Crippen molar-refractivity contribution < 1.29 is 18.7 Å². The predicted octanol–water partition coefficient (Wildman–Crippen LogP) is 1.54. The Hall–Kier alpha value is -2.61. The molecule has 8 nitrogen and oxygen atoms in total. The fourth-order valence-electron chi connectivity index (χ4n) is 2.40. The molecule has 1 N–H and O–H groups in total. The summed E-state index contributed by atoms with van der Waals surface area (Å²) in [7, 11) is 0. The van der Waals surface area contributed by atoms with Crippen LogP contribution in [0.15, 0.2) is 22.6 Å². The highest BCUT2D eigenvalue weighted by Gasteiger charge is 2.19. The molecule has 1 aromatic carbocycles. The zero-order valence-corrected chi connectivity index (χ0v) is 13.7. The number of likely N-dealkylation sites (N-methyl/N-ethyl adjacent to an activating group) is 1. The van der Waals surface area contributed by atoms with E-state index in [0.717, 1.165) is 19.6 Å². The summed E-state index contributed by atoms with van der Waals surface area (Å²) in [5.41, 5.74) is 0.675. The third-order valence-electron chi connectivity index (χ3n) is 3.85. The molecule has 0 atom stereocenters. The Morgan fingerprint density at radius 1 is 1.21 bits per heavy atom. The van der Waals surface area contributed by atoms with E-state index in [-0.39, 0.29) is 24.5 Å². The van der Waals surface area contributed by atoms with Crippen molar-refractivity contribution in [2.75, 3.05) is 33.0 Å². The first-order valence-electron chi connectivity index (χ1n) is 7.95. The SMILES string of the molecule is CCN(CC)CCNC(=O)c1nnc(-c2ccc3c(c2)OCO3)o1. The minimum absolute atomic E-state index is 0.0535. The second-order valence-corrected chi connectivity index (χ2v) is 5.26. The summed E-state index contributed by atoms with van der Waals surface area (Å²) < 4.78 is 16.0. The van der Waals surface area contributed by atoms with Crippen LogP contribution in [0.1, 0.15) is 24.5 Å². The average Bonchev–Trinajstić information content (AvgIpc) is 3.26. The lowest BCUT2D eigenvalue weighted by Gasteiger charge is -2.17. The number of ether oxygens (including phenoxy) is 2. The molecule has 1 aliphatic heterocycles. The van der Waals surface area contributed by atoms with Crippen molar-refractivity contribution in [2.45, 2.75) is 13.8 Å². The number of benzene rings is 1. The van der Waals surface area contributed by atoms with Crippen LogP contribution in [0.5, 0.6) is 11.5 Å². The van der Waals surface area contributed by atoms with Crippen molar-refractivity contribution in [3.63, 3.8) is 0 Å². The monoisotopic (exact) mass is 332 g/mol. The smallest absolute Gasteiger partial charge is 0.308 e. The minimum atomic E-state index is -0.373. The molecule has 0 aliphatic carbocycles. The molecule has 2 heterocycles. The van der Waals surface area contributed by atoms with E-state index >= 15 is 0 Å². The fourth-order valence-corrected chi connectivity index (χ4v) is 2.40. The first-order chi connectivity index (χ1) is 11.7. The zero-order chi connectivity index (χ0) is 16.9. The number of fused-ring (bicyclic) bond motifs is 1. The van der Waals surface area contributed by atoms with E-state index in [4.69, 9.17) is 13.9 Å². The van der Waals surface area contributed by atoms with Crippen LogP contribution in [0, 0.1) is 0 Å². The molecule has 0 saturated heterocycles. The number of nitrogens with zero attached hydrogens (tertiary/aromatic N) is 3. The maximum atomic E-state index is 12.1. The quantitative estimate of drug-likeness (QED) is 0.822. The van der Waals surface area contributed by atoms with Gasteiger partial charge in [0.05, 0.1) is 0 Å². The summed E-state index contributed by atoms with van der Waals surface area (Å²) in [4.78, 5) is 14.3. The standard InChI is InChI=1S/C16H20N4O4/c1-3-20(4-2)8-7-17-14(21)16-19-18-15(24-16)11-5-6-12-13(9-11)23-10-22-12/h5-6,9H,3-4,7-8,10H2,1-2H3,(H,17,21). The molecule has 8 heteroatoms. The van der Waals surface area contributed by atoms with Gasteiger partial charge in [-0.15, -0.1) is 10.2 Å². The fraction of sp³-hybridized carbons (Fsp3) is 0.438. The van der Waals surface area contributed by atoms with E-state index in [1.807, 2.05) is 0 Å². The van der Waals surface area contributed by atoms with Crippen LogP contribution in [0.4, 0.5) is 0 Å². The molecular formula is C16H20N4O4. The highest BCUT2D eigenvalue weighted by Crippen LogP contribution is 2.35. The Morgan fingerprint density at radius 3 is 2.79 bits per heavy atom. The summed E-state index contributed by atoms with van der Waals surface area (Å²) in [6, 6.07) is 5.30. The van der Waals surface area contributed by atoms with Crippen molar-refractivity contribution in [1.82, 2.24) is 20.4 Å². The van der Waals surface area contributed by atoms with Gasteiger partial charge in [0.25, 0.3) is 0 Å². The molecule has 2 aromatic rings. The van der Waals surface area contributed by atoms with Gasteiger partial charge in [0.15, 0.2) is 11.5 Å². The predicted molar refractivity (Wildman–Crippen MR) is 86.0 cm³/mol. The highest BCUT2D eigenvalue weighted by atomic mass is 16.7. The van der Waals surface area contributed by atoms with Crippen LogP contribution in [0.25, 0.3) is 11.5 Å². The van der Waals surface area contributed by atoms with Gasteiger partial charge < -0.3 is 24.1 Å². The van der Waals surface area contributed by atoms with Crippen LogP contribution in [-0.4, -0.2) is 54.0 Å². The Balaban J connectivity index is 1.62. The molecule has 0 unspecified atom stereocenters. The second kappa shape index (κ2) is 7.31. The van der Waals surface area contributed by atoms with E-state index in [1.54, 1.807) is 18.2 Å². The van der Waals surface area contributed by atoms with E-state index in [2.05, 4.69) is 34.3 Å². The molecule has 24 heavy (non-hydrogen) atoms. The molecular weight excluding hydrogens is 312 g/mol. The molecule has 0 saturated carbocycles. The summed E-state index contributed by atoms with van der Waals surface area (Å²) in [5, 5.41) is 10.5. The largest absolute Gasteiger partial charge is 0.454 e. The summed E-state index contributed by atoms with van der Waals surface area (Å²) >= 11 is 0. The molecule has 0 fully saturated rings. The highest BCUT2D eigenvalue weighted by molar-refractivity contribution is 5.89. The van der Waals surface area contributed by atoms with Crippen LogP contribution in [-0.2, 0) is 0 Å². The molecule has 1 amide bonds. The number of hydrogen-bond acceptors (Lipinski definition) is 7. The van der Waals surface area contributed by atoms with Gasteiger partial charge in [-0.25, -0.2) is 0 Å². The number of carbonyl (C=O) groups excluding carboxylic acids is 1. The molecule has 128 valence electrons. The van der Waals surface area contributed by atoms with Crippen molar-refractivity contribution in [1.29, 1.82) is 0 Å². The Bertz CT molecular complexity index is 712. The van der Waals surface area contributed by atoms with Gasteiger partial charge in [-0.2, -0.15) is 0 Å². The van der Waals surface area contributed by atoms with Crippen LogP contribution < -0.4 is 14.8 Å². The van der Waals surface area contributed by atoms with Gasteiger partial charge in [0.1, 0.15) is 0 Å². The molecule has 0 spiro atoms. The summed E-state index contributed by atoms with van der Waals surface area (Å²) in [6.45, 7) is 7.57. The zero-order valence-electron chi connectivity index (χ0n) is 13.7. The molecule has 0 radical (unpaired) electrons. The van der Waals surface area contributed by atoms with Crippen molar-refractivity contribution in [3.05, 3.63) is 24.1 Å². The summed E-state index contributed by atoms with van der Waals surface area (Å²) in [5.74, 6) is 1.13. The van der Waals surface area contributed by atoms with E-state index < -0.39 is 0 Å². The first kappa shape index (κ1) is 16.3. The van der Waals surface area contributed by atoms with Gasteiger partial charge in [0.2, 0.25) is 12.7 Å². The number of nitrogens with one attached hydrogen (secondary N) is 1. The van der Waals surface area contributed by atoms with E-state index in [0.29, 0.717) is 23.6 Å². The number of amides is 1. The number of carbonyl (C=O) groups is 1. The van der Waals surface area contributed by atoms with Gasteiger partial charge in [-0.3, -0.25) is 4.79 Å². The van der Waals surface area contributed by atoms with Crippen LogP contribution in [0.3, 0.4) is 0 Å². The molecule has 3 rings (SSSR count). The maximum absolute atomic E-state index is 12.1. The summed E-state index contributed by atoms with van der Waals surface area (Å²) in [6.07, 6.45) is 0. The lowest BCUT2D eigenvalue weighted by atomic mass is 10.2. The lowest BCUT2D eigenvalue weighted by molar-refractivity contribution is 0.0915. The maximum Gasteiger partial charge on any atom is 0.308 e. The first-order valence-corrected chi connectivity index (χ1v) is 7.95. The van der Waals surface area contributed by atoms with Gasteiger partial charge in [0, 0.05) is 18.7 Å². The average molecular weight is 332 g/mol. The van der Waals surface area contributed by atoms with Crippen molar-refractivity contribution in [2.24, 2.45) is 0 Å². The van der Waals surface area contributed by atoms with E-state index in [1.165, 1.54) is 0 Å². The molecule has 1 aromatic heterocycles. The Labute approximate surface area is 139 Å². The Morgan fingerprint density at radius 2 is 2.00 bits per heavy atom. The number of hydrogen-bond donors (Lipinski definition) is 1. The normalized spacial score (nSPS) is 12.6. The number of aromatic nitrogens is 2. The van der Waals surface area contributed by atoms with Gasteiger partial charge in [-0.05, 0) is 31.3 Å². The van der Waals surface area contributed by atoms with E-state index in [9.17, 15) is 4.79 Å². The topological polar surface area (TPSA) is 89.7 Å². The van der Waals surface area contributed by atoms with Gasteiger partial charge in [-0.1, -0.05) is 13.8 Å². The third-order valence-corrected chi connectivity index (χ3v) is 3.85. The molecule has 1 aliphatic rings.